The van der Waals surface area contributed by atoms with Gasteiger partial charge in [0.15, 0.2) is 0 Å². The minimum atomic E-state index is -1.18. The lowest BCUT2D eigenvalue weighted by atomic mass is 9.88. The third-order valence-corrected chi connectivity index (χ3v) is 4.17. The molecule has 0 fully saturated rings. The molecule has 1 aliphatic rings. The van der Waals surface area contributed by atoms with E-state index in [1.165, 1.54) is 23.6 Å². The summed E-state index contributed by atoms with van der Waals surface area (Å²) in [5.41, 5.74) is 3.04. The van der Waals surface area contributed by atoms with E-state index in [1.807, 2.05) is 0 Å². The van der Waals surface area contributed by atoms with Crippen LogP contribution in [0.2, 0.25) is 0 Å². The molecule has 1 nitrogen and oxygen atoms in total. The van der Waals surface area contributed by atoms with Crippen LogP contribution in [-0.4, -0.2) is 5.11 Å². The third-order valence-electron chi connectivity index (χ3n) is 4.17. The molecule has 3 rings (SSSR count). The smallest absolute Gasteiger partial charge is 0.129 e. The first-order valence-corrected chi connectivity index (χ1v) is 7.14. The fraction of sp³-hybridized carbons (Fsp3) is 0.333. The molecule has 0 aliphatic heterocycles. The van der Waals surface area contributed by atoms with Gasteiger partial charge in [0.05, 0.1) is 5.60 Å². The van der Waals surface area contributed by atoms with Gasteiger partial charge in [0.25, 0.3) is 0 Å². The molecule has 0 bridgehead atoms. The number of benzene rings is 2. The van der Waals surface area contributed by atoms with Gasteiger partial charge in [0.1, 0.15) is 5.82 Å². The van der Waals surface area contributed by atoms with Crippen molar-refractivity contribution in [2.24, 2.45) is 0 Å². The van der Waals surface area contributed by atoms with Crippen LogP contribution in [-0.2, 0) is 24.9 Å². The summed E-state index contributed by atoms with van der Waals surface area (Å²) in [6.07, 6.45) is 3.91. The Morgan fingerprint density at radius 3 is 2.65 bits per heavy atom. The number of aliphatic hydroxyl groups is 1. The average Bonchev–Trinajstić information content (AvgIpc) is 2.86. The van der Waals surface area contributed by atoms with E-state index in [9.17, 15) is 9.50 Å². The van der Waals surface area contributed by atoms with E-state index in [-0.39, 0.29) is 5.82 Å². The summed E-state index contributed by atoms with van der Waals surface area (Å²) < 4.78 is 13.8. The Hall–Kier alpha value is -1.67. The molecule has 0 aromatic heterocycles. The van der Waals surface area contributed by atoms with E-state index in [0.717, 1.165) is 18.4 Å². The van der Waals surface area contributed by atoms with E-state index in [2.05, 4.69) is 18.2 Å². The molecule has 0 saturated heterocycles. The molecule has 0 saturated carbocycles. The summed E-state index contributed by atoms with van der Waals surface area (Å²) in [5, 5.41) is 10.6. The van der Waals surface area contributed by atoms with E-state index >= 15 is 0 Å². The van der Waals surface area contributed by atoms with Crippen LogP contribution in [0, 0.1) is 5.82 Å². The molecule has 0 spiro atoms. The minimum absolute atomic E-state index is 0.348. The fourth-order valence-corrected chi connectivity index (χ4v) is 3.13. The zero-order chi connectivity index (χ0) is 14.2. The lowest BCUT2D eigenvalue weighted by molar-refractivity contribution is 0.0538. The SMILES string of the molecule is CC(O)(Cc1ccc2c(c1)CCC2)c1ccccc1F. The number of fused-ring (bicyclic) bond motifs is 1. The molecule has 0 radical (unpaired) electrons. The Balaban J connectivity index is 1.88. The molecule has 1 atom stereocenters. The van der Waals surface area contributed by atoms with Crippen molar-refractivity contribution >= 4 is 0 Å². The molecule has 104 valence electrons. The molecule has 20 heavy (non-hydrogen) atoms. The third kappa shape index (κ3) is 2.48. The fourth-order valence-electron chi connectivity index (χ4n) is 3.13. The summed E-state index contributed by atoms with van der Waals surface area (Å²) in [4.78, 5) is 0. The highest BCUT2D eigenvalue weighted by atomic mass is 19.1. The maximum atomic E-state index is 13.8. The quantitative estimate of drug-likeness (QED) is 0.900. The van der Waals surface area contributed by atoms with Crippen LogP contribution in [0.4, 0.5) is 4.39 Å². The summed E-state index contributed by atoms with van der Waals surface area (Å²) >= 11 is 0. The standard InChI is InChI=1S/C18H19FO/c1-18(20,16-7-2-3-8-17(16)19)12-13-9-10-14-5-4-6-15(14)11-13/h2-3,7-11,20H,4-6,12H2,1H3. The summed E-state index contributed by atoms with van der Waals surface area (Å²) in [6, 6.07) is 12.8. The van der Waals surface area contributed by atoms with Crippen LogP contribution < -0.4 is 0 Å². The van der Waals surface area contributed by atoms with Crippen molar-refractivity contribution < 1.29 is 9.50 Å². The lowest BCUT2D eigenvalue weighted by Gasteiger charge is -2.24. The minimum Gasteiger partial charge on any atom is -0.385 e. The molecule has 2 heteroatoms. The Morgan fingerprint density at radius 2 is 1.85 bits per heavy atom. The second-order valence-corrected chi connectivity index (χ2v) is 5.89. The van der Waals surface area contributed by atoms with Crippen molar-refractivity contribution in [1.82, 2.24) is 0 Å². The summed E-state index contributed by atoms with van der Waals surface area (Å²) in [6.45, 7) is 1.68. The molecule has 0 amide bonds. The number of aryl methyl sites for hydroxylation is 2. The van der Waals surface area contributed by atoms with Crippen molar-refractivity contribution in [2.45, 2.75) is 38.2 Å². The van der Waals surface area contributed by atoms with E-state index in [1.54, 1.807) is 25.1 Å². The molecule has 0 heterocycles. The van der Waals surface area contributed by atoms with Crippen LogP contribution in [0.25, 0.3) is 0 Å². The normalized spacial score (nSPS) is 16.8. The van der Waals surface area contributed by atoms with Gasteiger partial charge in [-0.05, 0) is 48.9 Å². The van der Waals surface area contributed by atoms with Gasteiger partial charge in [-0.15, -0.1) is 0 Å². The van der Waals surface area contributed by atoms with Gasteiger partial charge in [-0.25, -0.2) is 4.39 Å². The zero-order valence-electron chi connectivity index (χ0n) is 11.7. The average molecular weight is 270 g/mol. The van der Waals surface area contributed by atoms with Crippen LogP contribution >= 0.6 is 0 Å². The number of rotatable bonds is 3. The molecular formula is C18H19FO. The highest BCUT2D eigenvalue weighted by Gasteiger charge is 2.27. The van der Waals surface area contributed by atoms with Gasteiger partial charge in [-0.3, -0.25) is 0 Å². The van der Waals surface area contributed by atoms with Crippen molar-refractivity contribution in [3.05, 3.63) is 70.5 Å². The van der Waals surface area contributed by atoms with Crippen LogP contribution in [0.1, 0.15) is 35.6 Å². The molecular weight excluding hydrogens is 251 g/mol. The van der Waals surface area contributed by atoms with Gasteiger partial charge in [0.2, 0.25) is 0 Å². The first kappa shape index (κ1) is 13.3. The second kappa shape index (κ2) is 5.02. The number of hydrogen-bond donors (Lipinski definition) is 1. The van der Waals surface area contributed by atoms with Gasteiger partial charge in [-0.2, -0.15) is 0 Å². The van der Waals surface area contributed by atoms with Crippen molar-refractivity contribution in [3.63, 3.8) is 0 Å². The Bertz CT molecular complexity index is 631. The van der Waals surface area contributed by atoms with Crippen molar-refractivity contribution in [1.29, 1.82) is 0 Å². The van der Waals surface area contributed by atoms with Gasteiger partial charge in [0, 0.05) is 12.0 Å². The van der Waals surface area contributed by atoms with Crippen LogP contribution in [0.3, 0.4) is 0 Å². The number of hydrogen-bond acceptors (Lipinski definition) is 1. The van der Waals surface area contributed by atoms with Crippen molar-refractivity contribution in [2.75, 3.05) is 0 Å². The molecule has 2 aromatic carbocycles. The summed E-state index contributed by atoms with van der Waals surface area (Å²) in [7, 11) is 0. The maximum Gasteiger partial charge on any atom is 0.129 e. The first-order chi connectivity index (χ1) is 9.56. The van der Waals surface area contributed by atoms with Gasteiger partial charge >= 0.3 is 0 Å². The van der Waals surface area contributed by atoms with Crippen LogP contribution in [0.5, 0.6) is 0 Å². The molecule has 1 N–H and O–H groups in total. The second-order valence-electron chi connectivity index (χ2n) is 5.89. The number of halogens is 1. The highest BCUT2D eigenvalue weighted by Crippen LogP contribution is 2.30. The van der Waals surface area contributed by atoms with Crippen LogP contribution in [0.15, 0.2) is 42.5 Å². The lowest BCUT2D eigenvalue weighted by Crippen LogP contribution is -2.25. The monoisotopic (exact) mass is 270 g/mol. The zero-order valence-corrected chi connectivity index (χ0v) is 11.7. The van der Waals surface area contributed by atoms with E-state index in [4.69, 9.17) is 0 Å². The first-order valence-electron chi connectivity index (χ1n) is 7.14. The Kier molecular flexibility index (Phi) is 3.35. The largest absolute Gasteiger partial charge is 0.385 e. The van der Waals surface area contributed by atoms with Gasteiger partial charge in [-0.1, -0.05) is 36.4 Å². The topological polar surface area (TPSA) is 20.2 Å². The predicted molar refractivity (Wildman–Crippen MR) is 78.1 cm³/mol. The van der Waals surface area contributed by atoms with Gasteiger partial charge < -0.3 is 5.11 Å². The Morgan fingerprint density at radius 1 is 1.10 bits per heavy atom. The Labute approximate surface area is 119 Å². The van der Waals surface area contributed by atoms with E-state index < -0.39 is 5.60 Å². The molecule has 2 aromatic rings. The maximum absolute atomic E-state index is 13.8. The highest BCUT2D eigenvalue weighted by molar-refractivity contribution is 5.37. The molecule has 1 aliphatic carbocycles. The van der Waals surface area contributed by atoms with Crippen molar-refractivity contribution in [3.8, 4) is 0 Å². The molecule has 1 unspecified atom stereocenters. The predicted octanol–water partition coefficient (Wildman–Crippen LogP) is 3.76. The van der Waals surface area contributed by atoms with E-state index in [0.29, 0.717) is 12.0 Å². The summed E-state index contributed by atoms with van der Waals surface area (Å²) in [5.74, 6) is -0.348.